The molecule has 4 amide bonds. The quantitative estimate of drug-likeness (QED) is 0.0482. The average Bonchev–Trinajstić information content (AvgIpc) is 4.03. The first-order valence-corrected chi connectivity index (χ1v) is 22.9. The number of nitrogens with one attached hydrogen (secondary N) is 2. The Balaban J connectivity index is 0.878. The first-order valence-electron chi connectivity index (χ1n) is 22.5. The van der Waals surface area contributed by atoms with Crippen LogP contribution in [0.3, 0.4) is 0 Å². The summed E-state index contributed by atoms with van der Waals surface area (Å²) in [6.07, 6.45) is -1.20. The largest absolute Gasteiger partial charge is 0.491 e. The van der Waals surface area contributed by atoms with Crippen LogP contribution in [0.15, 0.2) is 77.7 Å². The second kappa shape index (κ2) is 22.5. The minimum absolute atomic E-state index is 0.0525. The molecule has 0 spiro atoms. The number of aliphatic hydroxyl groups is 1. The van der Waals surface area contributed by atoms with Crippen molar-refractivity contribution < 1.29 is 60.5 Å². The number of nitriles is 1. The Bertz CT molecular complexity index is 2560. The number of hydrogen-bond donors (Lipinski definition) is 3. The topological polar surface area (TPSA) is 200 Å². The molecule has 2 aliphatic heterocycles. The number of aliphatic hydroxyl groups excluding tert-OH is 1. The zero-order chi connectivity index (χ0) is 51.0. The fourth-order valence-electron chi connectivity index (χ4n) is 8.00. The van der Waals surface area contributed by atoms with Crippen molar-refractivity contribution in [1.82, 2.24) is 20.5 Å². The lowest BCUT2D eigenvalue weighted by Gasteiger charge is -2.35. The van der Waals surface area contributed by atoms with Gasteiger partial charge in [-0.2, -0.15) is 18.4 Å². The molecule has 2 saturated heterocycles. The third kappa shape index (κ3) is 12.6. The number of amides is 4. The number of alkyl halides is 3. The second-order valence-electron chi connectivity index (χ2n) is 18.4. The number of rotatable bonds is 20. The smallest absolute Gasteiger partial charge is 0.417 e. The molecule has 6 rings (SSSR count). The molecule has 3 atom stereocenters. The van der Waals surface area contributed by atoms with E-state index in [1.165, 1.54) is 54.3 Å². The monoisotopic (exact) mass is 993 g/mol. The lowest BCUT2D eigenvalue weighted by Crippen LogP contribution is -2.58. The van der Waals surface area contributed by atoms with Gasteiger partial charge in [0.15, 0.2) is 28.8 Å². The van der Waals surface area contributed by atoms with Crippen LogP contribution in [0.1, 0.15) is 77.0 Å². The van der Waals surface area contributed by atoms with E-state index in [9.17, 15) is 42.7 Å². The standard InChI is InChI=1S/C49H55F4N7O9S/c1-47(2,3)42(44(64)58-27-35(61)23-38(58)43(63)56-25-30-9-11-31(12-10-30)40-26-55-29-69-40)57-41(62)28-67-19-8-18-66-17-6-7-20-68-39-16-15-34(22-37(39)50)60-46(70)59(45(65)48(60,4)5)33-14-13-32(24-54)36(21-33)49(51,52)53/h9-16,21-22,26,29,35,38,42,61H,6-8,17-20,23,25,27-28H2,1-5H3,(H,56,63)(H,57,62)/t35-,38+,42-/m1/s1. The molecule has 16 nitrogen and oxygen atoms in total. The number of anilines is 2. The van der Waals surface area contributed by atoms with Gasteiger partial charge >= 0.3 is 6.18 Å². The molecule has 0 radical (unpaired) electrons. The molecule has 2 fully saturated rings. The van der Waals surface area contributed by atoms with Gasteiger partial charge < -0.3 is 44.2 Å². The Morgan fingerprint density at radius 3 is 2.33 bits per heavy atom. The van der Waals surface area contributed by atoms with Crippen molar-refractivity contribution in [2.45, 2.75) is 96.7 Å². The number of nitrogens with zero attached hydrogens (tertiary/aromatic N) is 5. The highest BCUT2D eigenvalue weighted by atomic mass is 32.1. The van der Waals surface area contributed by atoms with Crippen LogP contribution in [0.4, 0.5) is 28.9 Å². The maximum atomic E-state index is 15.3. The molecule has 0 bridgehead atoms. The molecule has 3 N–H and O–H groups in total. The van der Waals surface area contributed by atoms with Crippen molar-refractivity contribution in [3.63, 3.8) is 0 Å². The third-order valence-electron chi connectivity index (χ3n) is 11.7. The number of hydrogen-bond acceptors (Lipinski definition) is 12. The highest BCUT2D eigenvalue weighted by molar-refractivity contribution is 7.81. The SMILES string of the molecule is CC(C)(C)[C@H](NC(=O)COCCCOCCCCOc1ccc(N2C(=S)N(c3ccc(C#N)c(C(F)(F)F)c3)C(=O)C2(C)C)cc1F)C(=O)N1C[C@H](O)C[C@H]1C(=O)NCc1ccc(-c2cnco2)cc1. The fourth-order valence-corrected chi connectivity index (χ4v) is 8.52. The van der Waals surface area contributed by atoms with Crippen LogP contribution in [-0.4, -0.2) is 107 Å². The second-order valence-corrected chi connectivity index (χ2v) is 18.8. The van der Waals surface area contributed by atoms with Crippen molar-refractivity contribution in [3.8, 4) is 23.1 Å². The first kappa shape index (κ1) is 52.9. The van der Waals surface area contributed by atoms with Crippen molar-refractivity contribution in [2.24, 2.45) is 5.41 Å². The zero-order valence-corrected chi connectivity index (χ0v) is 40.1. The number of oxazole rings is 1. The van der Waals surface area contributed by atoms with Gasteiger partial charge in [-0.25, -0.2) is 9.37 Å². The van der Waals surface area contributed by atoms with Crippen LogP contribution in [0.2, 0.25) is 0 Å². The summed E-state index contributed by atoms with van der Waals surface area (Å²) in [6, 6.07) is 13.8. The number of β-amino-alcohol motifs (C(OH)–C–C–N with tert-alkyl or cyclic N) is 1. The van der Waals surface area contributed by atoms with Gasteiger partial charge in [0.1, 0.15) is 24.2 Å². The summed E-state index contributed by atoms with van der Waals surface area (Å²) in [5.74, 6) is -2.28. The lowest BCUT2D eigenvalue weighted by molar-refractivity contribution is -0.144. The number of unbranched alkanes of at least 4 members (excludes halogenated alkanes) is 1. The molecule has 3 heterocycles. The van der Waals surface area contributed by atoms with E-state index in [0.29, 0.717) is 44.3 Å². The summed E-state index contributed by atoms with van der Waals surface area (Å²) >= 11 is 5.54. The molecule has 0 saturated carbocycles. The van der Waals surface area contributed by atoms with E-state index in [0.717, 1.165) is 28.2 Å². The number of thiocarbonyl (C=S) groups is 1. The molecule has 70 heavy (non-hydrogen) atoms. The predicted octanol–water partition coefficient (Wildman–Crippen LogP) is 6.68. The van der Waals surface area contributed by atoms with Gasteiger partial charge in [-0.05, 0) is 86.6 Å². The Hall–Kier alpha value is -6.47. The molecule has 374 valence electrons. The number of ether oxygens (including phenoxy) is 3. The van der Waals surface area contributed by atoms with Crippen molar-refractivity contribution in [1.29, 1.82) is 5.26 Å². The maximum absolute atomic E-state index is 15.3. The maximum Gasteiger partial charge on any atom is 0.417 e. The molecule has 4 aromatic rings. The van der Waals surface area contributed by atoms with Gasteiger partial charge in [-0.1, -0.05) is 45.0 Å². The molecule has 0 aliphatic carbocycles. The Morgan fingerprint density at radius 2 is 1.67 bits per heavy atom. The molecular weight excluding hydrogens is 939 g/mol. The Kier molecular flexibility index (Phi) is 17.0. The van der Waals surface area contributed by atoms with E-state index in [-0.39, 0.29) is 61.6 Å². The van der Waals surface area contributed by atoms with E-state index < -0.39 is 75.9 Å². The first-order chi connectivity index (χ1) is 33.1. The van der Waals surface area contributed by atoms with Crippen LogP contribution in [0.5, 0.6) is 5.75 Å². The van der Waals surface area contributed by atoms with E-state index in [1.54, 1.807) is 27.0 Å². The summed E-state index contributed by atoms with van der Waals surface area (Å²) in [4.78, 5) is 61.3. The number of aromatic nitrogens is 1. The number of carbonyl (C=O) groups excluding carboxylic acids is 4. The van der Waals surface area contributed by atoms with Crippen LogP contribution in [0, 0.1) is 22.6 Å². The minimum Gasteiger partial charge on any atom is -0.491 e. The van der Waals surface area contributed by atoms with Crippen molar-refractivity contribution >= 4 is 52.3 Å². The average molecular weight is 994 g/mol. The van der Waals surface area contributed by atoms with Gasteiger partial charge in [0.05, 0.1) is 41.8 Å². The van der Waals surface area contributed by atoms with E-state index >= 15 is 4.39 Å². The molecule has 3 aromatic carbocycles. The number of halogens is 4. The van der Waals surface area contributed by atoms with E-state index in [2.05, 4.69) is 15.6 Å². The van der Waals surface area contributed by atoms with E-state index in [1.807, 2.05) is 24.3 Å². The highest BCUT2D eigenvalue weighted by Gasteiger charge is 2.51. The fraction of sp³-hybridized carbons (Fsp3) is 0.449. The normalized spacial score (nSPS) is 17.4. The Labute approximate surface area is 407 Å². The van der Waals surface area contributed by atoms with Crippen molar-refractivity contribution in [2.75, 3.05) is 49.4 Å². The molecular formula is C49H55F4N7O9S. The lowest BCUT2D eigenvalue weighted by atomic mass is 9.85. The van der Waals surface area contributed by atoms with Gasteiger partial charge in [0.2, 0.25) is 17.7 Å². The highest BCUT2D eigenvalue weighted by Crippen LogP contribution is 2.40. The summed E-state index contributed by atoms with van der Waals surface area (Å²) in [7, 11) is 0. The molecule has 0 unspecified atom stereocenters. The van der Waals surface area contributed by atoms with Crippen LogP contribution in [-0.2, 0) is 41.4 Å². The van der Waals surface area contributed by atoms with Gasteiger partial charge in [0, 0.05) is 56.6 Å². The summed E-state index contributed by atoms with van der Waals surface area (Å²) < 4.78 is 78.6. The number of likely N-dealkylation sites (tertiary alicyclic amines) is 1. The molecule has 21 heteroatoms. The molecule has 1 aromatic heterocycles. The van der Waals surface area contributed by atoms with Crippen LogP contribution in [0.25, 0.3) is 11.3 Å². The molecule has 2 aliphatic rings. The Morgan fingerprint density at radius 1 is 0.986 bits per heavy atom. The van der Waals surface area contributed by atoms with E-state index in [4.69, 9.17) is 30.8 Å². The van der Waals surface area contributed by atoms with Crippen LogP contribution < -0.4 is 25.2 Å². The zero-order valence-electron chi connectivity index (χ0n) is 39.3. The summed E-state index contributed by atoms with van der Waals surface area (Å²) in [5, 5.41) is 25.1. The summed E-state index contributed by atoms with van der Waals surface area (Å²) in [5.41, 5.74) is -2.33. The predicted molar refractivity (Wildman–Crippen MR) is 251 cm³/mol. The number of carbonyl (C=O) groups is 4. The van der Waals surface area contributed by atoms with Gasteiger partial charge in [-0.15, -0.1) is 0 Å². The van der Waals surface area contributed by atoms with Crippen LogP contribution >= 0.6 is 12.2 Å². The van der Waals surface area contributed by atoms with Crippen molar-refractivity contribution in [3.05, 3.63) is 95.8 Å². The minimum atomic E-state index is -4.86. The van der Waals surface area contributed by atoms with Gasteiger partial charge in [-0.3, -0.25) is 24.1 Å². The van der Waals surface area contributed by atoms with Gasteiger partial charge in [0.25, 0.3) is 5.91 Å². The third-order valence-corrected chi connectivity index (χ3v) is 12.1. The number of benzene rings is 3. The summed E-state index contributed by atoms with van der Waals surface area (Å²) in [6.45, 7) is 9.27.